The molecule has 0 aliphatic rings. The second-order valence-electron chi connectivity index (χ2n) is 9.19. The van der Waals surface area contributed by atoms with Crippen LogP contribution in [0.15, 0.2) is 136 Å². The van der Waals surface area contributed by atoms with E-state index in [-0.39, 0.29) is 0 Å². The number of hydrogen-bond acceptors (Lipinski definition) is 3. The number of benzene rings is 5. The fraction of sp³-hybridized carbons (Fsp3) is 0. The van der Waals surface area contributed by atoms with Crippen LogP contribution in [0.5, 0.6) is 0 Å². The second kappa shape index (κ2) is 9.40. The summed E-state index contributed by atoms with van der Waals surface area (Å²) in [5.41, 5.74) is 8.94. The first-order chi connectivity index (χ1) is 18.7. The Labute approximate surface area is 228 Å². The van der Waals surface area contributed by atoms with Crippen LogP contribution in [0, 0.1) is 0 Å². The molecule has 0 unspecified atom stereocenters. The third-order valence-electron chi connectivity index (χ3n) is 6.79. The Hall–Kier alpha value is -4.54. The Morgan fingerprint density at radius 1 is 0.500 bits per heavy atom. The highest BCUT2D eigenvalue weighted by Gasteiger charge is 2.14. The van der Waals surface area contributed by atoms with Crippen molar-refractivity contribution in [3.05, 3.63) is 132 Å². The number of hydrogen-bond donors (Lipinski definition) is 0. The van der Waals surface area contributed by atoms with Crippen molar-refractivity contribution in [1.29, 1.82) is 0 Å². The Bertz CT molecular complexity index is 1910. The molecule has 2 heterocycles. The van der Waals surface area contributed by atoms with Crippen molar-refractivity contribution in [3.63, 3.8) is 0 Å². The summed E-state index contributed by atoms with van der Waals surface area (Å²) in [7, 11) is 0. The molecule has 0 bridgehead atoms. The van der Waals surface area contributed by atoms with E-state index >= 15 is 0 Å². The number of fused-ring (bicyclic) bond motifs is 3. The van der Waals surface area contributed by atoms with E-state index in [2.05, 4.69) is 82.7 Å². The molecular weight excluding hydrogens is 532 g/mol. The van der Waals surface area contributed by atoms with Gasteiger partial charge in [-0.2, -0.15) is 0 Å². The largest absolute Gasteiger partial charge is 0.456 e. The van der Waals surface area contributed by atoms with E-state index in [1.165, 1.54) is 0 Å². The van der Waals surface area contributed by atoms with Crippen molar-refractivity contribution in [2.75, 3.05) is 0 Å². The van der Waals surface area contributed by atoms with Gasteiger partial charge in [-0.25, -0.2) is 9.97 Å². The molecule has 5 aromatic carbocycles. The van der Waals surface area contributed by atoms with Crippen molar-refractivity contribution in [1.82, 2.24) is 9.97 Å². The SMILES string of the molecule is Brc1ccc(-c2cc(-c3ccc(-c4cccc5oc6ccccc6c45)cc3)nc(-c3ccccc3)n2)cc1. The van der Waals surface area contributed by atoms with Crippen molar-refractivity contribution < 1.29 is 4.42 Å². The van der Waals surface area contributed by atoms with Crippen molar-refractivity contribution in [2.45, 2.75) is 0 Å². The summed E-state index contributed by atoms with van der Waals surface area (Å²) in [6.45, 7) is 0. The van der Waals surface area contributed by atoms with Gasteiger partial charge in [0.25, 0.3) is 0 Å². The lowest BCUT2D eigenvalue weighted by Gasteiger charge is -2.10. The van der Waals surface area contributed by atoms with Gasteiger partial charge in [0.1, 0.15) is 11.2 Å². The Kier molecular flexibility index (Phi) is 5.60. The van der Waals surface area contributed by atoms with Gasteiger partial charge in [0.2, 0.25) is 0 Å². The van der Waals surface area contributed by atoms with E-state index in [9.17, 15) is 0 Å². The molecule has 0 fully saturated rings. The first-order valence-corrected chi connectivity index (χ1v) is 13.2. The highest BCUT2D eigenvalue weighted by atomic mass is 79.9. The molecule has 7 aromatic rings. The predicted molar refractivity (Wildman–Crippen MR) is 159 cm³/mol. The van der Waals surface area contributed by atoms with Gasteiger partial charge < -0.3 is 4.42 Å². The number of halogens is 1. The molecule has 7 rings (SSSR count). The topological polar surface area (TPSA) is 38.9 Å². The minimum absolute atomic E-state index is 0.708. The molecule has 4 heteroatoms. The number of rotatable bonds is 4. The summed E-state index contributed by atoms with van der Waals surface area (Å²) in [5.74, 6) is 0.708. The lowest BCUT2D eigenvalue weighted by molar-refractivity contribution is 0.669. The molecule has 0 spiro atoms. The lowest BCUT2D eigenvalue weighted by atomic mass is 9.97. The minimum atomic E-state index is 0.708. The van der Waals surface area contributed by atoms with E-state index < -0.39 is 0 Å². The zero-order chi connectivity index (χ0) is 25.5. The van der Waals surface area contributed by atoms with Crippen LogP contribution in [0.2, 0.25) is 0 Å². The van der Waals surface area contributed by atoms with Crippen LogP contribution in [-0.4, -0.2) is 9.97 Å². The molecule has 2 aromatic heterocycles. The number of furan rings is 1. The fourth-order valence-electron chi connectivity index (χ4n) is 4.92. The molecule has 0 saturated heterocycles. The van der Waals surface area contributed by atoms with E-state index in [0.29, 0.717) is 5.82 Å². The van der Waals surface area contributed by atoms with Crippen molar-refractivity contribution >= 4 is 37.9 Å². The summed E-state index contributed by atoms with van der Waals surface area (Å²) < 4.78 is 7.14. The molecular formula is C34H21BrN2O. The molecule has 0 N–H and O–H groups in total. The first kappa shape index (κ1) is 22.6. The zero-order valence-electron chi connectivity index (χ0n) is 20.3. The number of nitrogens with zero attached hydrogens (tertiary/aromatic N) is 2. The first-order valence-electron chi connectivity index (χ1n) is 12.4. The summed E-state index contributed by atoms with van der Waals surface area (Å²) in [5, 5.41) is 2.27. The van der Waals surface area contributed by atoms with Crippen molar-refractivity contribution in [2.24, 2.45) is 0 Å². The average molecular weight is 553 g/mol. The van der Waals surface area contributed by atoms with Gasteiger partial charge >= 0.3 is 0 Å². The van der Waals surface area contributed by atoms with Gasteiger partial charge in [-0.05, 0) is 41.5 Å². The van der Waals surface area contributed by atoms with Crippen LogP contribution in [0.3, 0.4) is 0 Å². The molecule has 0 atom stereocenters. The quantitative estimate of drug-likeness (QED) is 0.218. The molecule has 0 saturated carbocycles. The molecule has 0 aliphatic heterocycles. The van der Waals surface area contributed by atoms with Gasteiger partial charge in [-0.15, -0.1) is 0 Å². The molecule has 38 heavy (non-hydrogen) atoms. The predicted octanol–water partition coefficient (Wildman–Crippen LogP) is 9.81. The maximum Gasteiger partial charge on any atom is 0.160 e. The van der Waals surface area contributed by atoms with E-state index in [4.69, 9.17) is 14.4 Å². The normalized spacial score (nSPS) is 11.3. The molecule has 0 aliphatic carbocycles. The van der Waals surface area contributed by atoms with Crippen molar-refractivity contribution in [3.8, 4) is 45.0 Å². The van der Waals surface area contributed by atoms with Crippen LogP contribution < -0.4 is 0 Å². The smallest absolute Gasteiger partial charge is 0.160 e. The summed E-state index contributed by atoms with van der Waals surface area (Å²) in [6.07, 6.45) is 0. The monoisotopic (exact) mass is 552 g/mol. The highest BCUT2D eigenvalue weighted by Crippen LogP contribution is 2.37. The van der Waals surface area contributed by atoms with E-state index in [1.54, 1.807) is 0 Å². The van der Waals surface area contributed by atoms with Crippen LogP contribution in [0.1, 0.15) is 0 Å². The average Bonchev–Trinajstić information content (AvgIpc) is 3.37. The van der Waals surface area contributed by atoms with Crippen LogP contribution in [0.25, 0.3) is 67.0 Å². The Morgan fingerprint density at radius 2 is 1.11 bits per heavy atom. The minimum Gasteiger partial charge on any atom is -0.456 e. The van der Waals surface area contributed by atoms with Gasteiger partial charge in [-0.1, -0.05) is 113 Å². The molecule has 3 nitrogen and oxygen atoms in total. The summed E-state index contributed by atoms with van der Waals surface area (Å²) in [6, 6.07) is 43.4. The third-order valence-corrected chi connectivity index (χ3v) is 7.32. The fourth-order valence-corrected chi connectivity index (χ4v) is 5.18. The van der Waals surface area contributed by atoms with E-state index in [1.807, 2.05) is 60.7 Å². The van der Waals surface area contributed by atoms with Gasteiger partial charge in [0.15, 0.2) is 5.82 Å². The van der Waals surface area contributed by atoms with Crippen LogP contribution >= 0.6 is 15.9 Å². The molecule has 0 amide bonds. The van der Waals surface area contributed by atoms with Crippen LogP contribution in [-0.2, 0) is 0 Å². The molecule has 0 radical (unpaired) electrons. The maximum absolute atomic E-state index is 6.11. The number of aromatic nitrogens is 2. The Morgan fingerprint density at radius 3 is 1.84 bits per heavy atom. The van der Waals surface area contributed by atoms with Crippen LogP contribution in [0.4, 0.5) is 0 Å². The Balaban J connectivity index is 1.34. The summed E-state index contributed by atoms with van der Waals surface area (Å²) in [4.78, 5) is 9.88. The lowest BCUT2D eigenvalue weighted by Crippen LogP contribution is -1.95. The van der Waals surface area contributed by atoms with Gasteiger partial charge in [0.05, 0.1) is 11.4 Å². The number of para-hydroxylation sites is 1. The van der Waals surface area contributed by atoms with E-state index in [0.717, 1.165) is 65.6 Å². The van der Waals surface area contributed by atoms with Gasteiger partial charge in [0, 0.05) is 31.9 Å². The standard InChI is InChI=1S/C34H21BrN2O/c35-26-19-17-24(18-20-26)30-21-29(36-34(37-30)25-7-2-1-3-8-25)23-15-13-22(14-16-23)27-10-6-12-32-33(27)28-9-4-5-11-31(28)38-32/h1-21H. The highest BCUT2D eigenvalue weighted by molar-refractivity contribution is 9.10. The zero-order valence-corrected chi connectivity index (χ0v) is 21.9. The maximum atomic E-state index is 6.11. The molecule has 180 valence electrons. The van der Waals surface area contributed by atoms with Gasteiger partial charge in [-0.3, -0.25) is 0 Å². The third kappa shape index (κ3) is 4.09. The summed E-state index contributed by atoms with van der Waals surface area (Å²) >= 11 is 3.53. The second-order valence-corrected chi connectivity index (χ2v) is 10.1.